The fourth-order valence-electron chi connectivity index (χ4n) is 1.82. The first-order valence-corrected chi connectivity index (χ1v) is 5.77. The predicted molar refractivity (Wildman–Crippen MR) is 64.1 cm³/mol. The molecule has 0 aromatic heterocycles. The van der Waals surface area contributed by atoms with Gasteiger partial charge >= 0.3 is 0 Å². The van der Waals surface area contributed by atoms with Crippen LogP contribution in [0, 0.1) is 5.92 Å². The summed E-state index contributed by atoms with van der Waals surface area (Å²) in [6, 6.07) is 6.62. The zero-order valence-electron chi connectivity index (χ0n) is 9.92. The van der Waals surface area contributed by atoms with Crippen molar-refractivity contribution in [3.63, 3.8) is 0 Å². The molecule has 0 fully saturated rings. The monoisotopic (exact) mass is 204 g/mol. The topological polar surface area (TPSA) is 17.1 Å². The molecule has 0 N–H and O–H groups in total. The molecule has 15 heavy (non-hydrogen) atoms. The van der Waals surface area contributed by atoms with Crippen LogP contribution in [0.2, 0.25) is 0 Å². The van der Waals surface area contributed by atoms with E-state index in [-0.39, 0.29) is 5.92 Å². The summed E-state index contributed by atoms with van der Waals surface area (Å²) in [6.07, 6.45) is 4.04. The molecule has 0 saturated heterocycles. The van der Waals surface area contributed by atoms with Crippen molar-refractivity contribution in [1.29, 1.82) is 0 Å². The Balaban J connectivity index is 2.91. The summed E-state index contributed by atoms with van der Waals surface area (Å²) in [5, 5.41) is 0. The Kier molecular flexibility index (Phi) is 4.54. The van der Waals surface area contributed by atoms with Gasteiger partial charge in [0.25, 0.3) is 0 Å². The van der Waals surface area contributed by atoms with Crippen LogP contribution >= 0.6 is 0 Å². The molecule has 0 bridgehead atoms. The molecule has 1 nitrogen and oxygen atoms in total. The largest absolute Gasteiger partial charge is 0.303 e. The minimum Gasteiger partial charge on any atom is -0.303 e. The van der Waals surface area contributed by atoms with Crippen molar-refractivity contribution in [2.24, 2.45) is 5.92 Å². The lowest BCUT2D eigenvalue weighted by Crippen LogP contribution is -2.04. The SMILES string of the molecule is CCc1ccc(CC(C)C=O)c(CC)c1. The minimum absolute atomic E-state index is 0.128. The van der Waals surface area contributed by atoms with Crippen molar-refractivity contribution in [1.82, 2.24) is 0 Å². The summed E-state index contributed by atoms with van der Waals surface area (Å²) >= 11 is 0. The summed E-state index contributed by atoms with van der Waals surface area (Å²) in [5.41, 5.74) is 4.10. The second kappa shape index (κ2) is 5.69. The molecule has 0 aliphatic rings. The highest BCUT2D eigenvalue weighted by Crippen LogP contribution is 2.16. The van der Waals surface area contributed by atoms with Crippen molar-refractivity contribution in [2.75, 3.05) is 0 Å². The number of carbonyl (C=O) groups is 1. The summed E-state index contributed by atoms with van der Waals surface area (Å²) < 4.78 is 0. The van der Waals surface area contributed by atoms with Gasteiger partial charge in [-0.1, -0.05) is 39.0 Å². The van der Waals surface area contributed by atoms with Gasteiger partial charge in [0.15, 0.2) is 0 Å². The Morgan fingerprint density at radius 1 is 1.20 bits per heavy atom. The highest BCUT2D eigenvalue weighted by Gasteiger charge is 2.06. The summed E-state index contributed by atoms with van der Waals surface area (Å²) in [7, 11) is 0. The minimum atomic E-state index is 0.128. The van der Waals surface area contributed by atoms with E-state index in [1.807, 2.05) is 6.92 Å². The average Bonchev–Trinajstić information content (AvgIpc) is 2.29. The number of carbonyl (C=O) groups excluding carboxylic acids is 1. The average molecular weight is 204 g/mol. The van der Waals surface area contributed by atoms with Crippen LogP contribution in [0.25, 0.3) is 0 Å². The molecule has 0 radical (unpaired) electrons. The maximum atomic E-state index is 10.6. The molecule has 1 atom stereocenters. The normalized spacial score (nSPS) is 12.5. The van der Waals surface area contributed by atoms with E-state index in [1.165, 1.54) is 16.7 Å². The van der Waals surface area contributed by atoms with Gasteiger partial charge in [0.1, 0.15) is 6.29 Å². The zero-order valence-corrected chi connectivity index (χ0v) is 9.92. The van der Waals surface area contributed by atoms with Gasteiger partial charge in [0.05, 0.1) is 0 Å². The molecule has 82 valence electrons. The number of hydrogen-bond donors (Lipinski definition) is 0. The molecule has 0 amide bonds. The van der Waals surface area contributed by atoms with Crippen LogP contribution in [0.5, 0.6) is 0 Å². The molecular formula is C14H20O. The smallest absolute Gasteiger partial charge is 0.123 e. The number of aryl methyl sites for hydroxylation is 2. The third-order valence-electron chi connectivity index (χ3n) is 2.83. The lowest BCUT2D eigenvalue weighted by atomic mass is 9.94. The van der Waals surface area contributed by atoms with Gasteiger partial charge in [0, 0.05) is 5.92 Å². The third-order valence-corrected chi connectivity index (χ3v) is 2.83. The first-order valence-electron chi connectivity index (χ1n) is 5.77. The molecule has 1 heteroatoms. The molecule has 0 aliphatic heterocycles. The Bertz CT molecular complexity index is 328. The van der Waals surface area contributed by atoms with Gasteiger partial charge in [-0.2, -0.15) is 0 Å². The lowest BCUT2D eigenvalue weighted by molar-refractivity contribution is -0.110. The molecule has 0 aliphatic carbocycles. The van der Waals surface area contributed by atoms with Gasteiger partial charge in [-0.3, -0.25) is 0 Å². The van der Waals surface area contributed by atoms with Gasteiger partial charge in [-0.25, -0.2) is 0 Å². The number of aldehydes is 1. The standard InChI is InChI=1S/C14H20O/c1-4-12-6-7-14(8-11(3)10-15)13(5-2)9-12/h6-7,9-11H,4-5,8H2,1-3H3. The van der Waals surface area contributed by atoms with Crippen LogP contribution in [-0.2, 0) is 24.1 Å². The van der Waals surface area contributed by atoms with Crippen molar-refractivity contribution >= 4 is 6.29 Å². The Labute approximate surface area is 92.5 Å². The van der Waals surface area contributed by atoms with Crippen molar-refractivity contribution in [3.8, 4) is 0 Å². The van der Waals surface area contributed by atoms with E-state index in [0.29, 0.717) is 0 Å². The van der Waals surface area contributed by atoms with E-state index in [2.05, 4.69) is 32.0 Å². The van der Waals surface area contributed by atoms with E-state index >= 15 is 0 Å². The molecular weight excluding hydrogens is 184 g/mol. The molecule has 1 aromatic carbocycles. The van der Waals surface area contributed by atoms with Crippen LogP contribution in [-0.4, -0.2) is 6.29 Å². The molecule has 0 heterocycles. The molecule has 1 rings (SSSR count). The van der Waals surface area contributed by atoms with E-state index in [9.17, 15) is 4.79 Å². The van der Waals surface area contributed by atoms with E-state index in [4.69, 9.17) is 0 Å². The van der Waals surface area contributed by atoms with Gasteiger partial charge in [0.2, 0.25) is 0 Å². The van der Waals surface area contributed by atoms with Crippen LogP contribution < -0.4 is 0 Å². The maximum absolute atomic E-state index is 10.6. The van der Waals surface area contributed by atoms with Gasteiger partial charge in [-0.05, 0) is 36.0 Å². The first kappa shape index (κ1) is 12.0. The van der Waals surface area contributed by atoms with Crippen LogP contribution in [0.4, 0.5) is 0 Å². The predicted octanol–water partition coefficient (Wildman–Crippen LogP) is 3.19. The molecule has 1 aromatic rings. The van der Waals surface area contributed by atoms with Gasteiger partial charge < -0.3 is 4.79 Å². The van der Waals surface area contributed by atoms with E-state index in [0.717, 1.165) is 25.5 Å². The molecule has 0 saturated carbocycles. The Hall–Kier alpha value is -1.11. The van der Waals surface area contributed by atoms with Crippen LogP contribution in [0.15, 0.2) is 18.2 Å². The summed E-state index contributed by atoms with van der Waals surface area (Å²) in [6.45, 7) is 6.31. The Morgan fingerprint density at radius 2 is 1.93 bits per heavy atom. The van der Waals surface area contributed by atoms with Crippen molar-refractivity contribution in [2.45, 2.75) is 40.0 Å². The fraction of sp³-hybridized carbons (Fsp3) is 0.500. The van der Waals surface area contributed by atoms with E-state index < -0.39 is 0 Å². The fourth-order valence-corrected chi connectivity index (χ4v) is 1.82. The lowest BCUT2D eigenvalue weighted by Gasteiger charge is -2.11. The van der Waals surface area contributed by atoms with Crippen molar-refractivity contribution in [3.05, 3.63) is 34.9 Å². The molecule has 1 unspecified atom stereocenters. The number of rotatable bonds is 5. The van der Waals surface area contributed by atoms with E-state index in [1.54, 1.807) is 0 Å². The van der Waals surface area contributed by atoms with Crippen LogP contribution in [0.3, 0.4) is 0 Å². The highest BCUT2D eigenvalue weighted by molar-refractivity contribution is 5.54. The zero-order chi connectivity index (χ0) is 11.3. The third kappa shape index (κ3) is 3.19. The van der Waals surface area contributed by atoms with Crippen LogP contribution in [0.1, 0.15) is 37.5 Å². The van der Waals surface area contributed by atoms with Gasteiger partial charge in [-0.15, -0.1) is 0 Å². The second-order valence-corrected chi connectivity index (χ2v) is 4.13. The number of hydrogen-bond acceptors (Lipinski definition) is 1. The quantitative estimate of drug-likeness (QED) is 0.673. The first-order chi connectivity index (χ1) is 7.21. The summed E-state index contributed by atoms with van der Waals surface area (Å²) in [5.74, 6) is 0.128. The second-order valence-electron chi connectivity index (χ2n) is 4.13. The summed E-state index contributed by atoms with van der Waals surface area (Å²) in [4.78, 5) is 10.6. The number of benzene rings is 1. The highest BCUT2D eigenvalue weighted by atomic mass is 16.1. The maximum Gasteiger partial charge on any atom is 0.123 e. The molecule has 0 spiro atoms. The van der Waals surface area contributed by atoms with Crippen molar-refractivity contribution < 1.29 is 4.79 Å². The Morgan fingerprint density at radius 3 is 2.47 bits per heavy atom.